The van der Waals surface area contributed by atoms with E-state index in [-0.39, 0.29) is 11.5 Å². The van der Waals surface area contributed by atoms with E-state index in [1.165, 1.54) is 0 Å². The third-order valence-corrected chi connectivity index (χ3v) is 5.35. The molecular formula is C26H25BrN2O4. The van der Waals surface area contributed by atoms with Crippen LogP contribution in [0.1, 0.15) is 22.8 Å². The normalized spacial score (nSPS) is 10.4. The van der Waals surface area contributed by atoms with Crippen LogP contribution in [0.4, 0.5) is 0 Å². The van der Waals surface area contributed by atoms with E-state index < -0.39 is 5.97 Å². The Morgan fingerprint density at radius 3 is 2.00 bits per heavy atom. The summed E-state index contributed by atoms with van der Waals surface area (Å²) in [5.41, 5.74) is 2.80. The number of hydrogen-bond acceptors (Lipinski definition) is 5. The van der Waals surface area contributed by atoms with Crippen molar-refractivity contribution >= 4 is 49.6 Å². The number of ether oxygens (including phenoxy) is 2. The Balaban J connectivity index is 0.000000190. The van der Waals surface area contributed by atoms with Gasteiger partial charge in [0.15, 0.2) is 0 Å². The van der Waals surface area contributed by atoms with E-state index in [4.69, 9.17) is 14.9 Å². The highest BCUT2D eigenvalue weighted by molar-refractivity contribution is 9.09. The molecule has 0 radical (unpaired) electrons. The second-order valence-corrected chi connectivity index (χ2v) is 7.87. The fourth-order valence-electron chi connectivity index (χ4n) is 3.54. The number of carbonyl (C=O) groups excluding carboxylic acids is 1. The van der Waals surface area contributed by atoms with Crippen LogP contribution in [0.25, 0.3) is 21.8 Å². The van der Waals surface area contributed by atoms with E-state index in [2.05, 4.69) is 15.9 Å². The Hall–Kier alpha value is -3.45. The minimum Gasteiger partial charge on any atom is -0.545 e. The summed E-state index contributed by atoms with van der Waals surface area (Å²) < 4.78 is 12.5. The Labute approximate surface area is 201 Å². The van der Waals surface area contributed by atoms with Crippen LogP contribution < -0.4 is 14.4 Å². The fourth-order valence-corrected chi connectivity index (χ4v) is 3.70. The molecule has 7 heteroatoms. The zero-order chi connectivity index (χ0) is 23.8. The minimum absolute atomic E-state index is 0.199. The monoisotopic (exact) mass is 508 g/mol. The van der Waals surface area contributed by atoms with Gasteiger partial charge >= 0.3 is 0 Å². The van der Waals surface area contributed by atoms with Crippen LogP contribution in [-0.4, -0.2) is 30.4 Å². The molecule has 0 atom stereocenters. The van der Waals surface area contributed by atoms with Gasteiger partial charge < -0.3 is 19.4 Å². The number of aromatic carboxylic acids is 1. The van der Waals surface area contributed by atoms with Gasteiger partial charge in [-0.2, -0.15) is 4.57 Å². The Bertz CT molecular complexity index is 1220. The summed E-state index contributed by atoms with van der Waals surface area (Å²) >= 11 is 3.29. The van der Waals surface area contributed by atoms with Crippen LogP contribution in [0.5, 0.6) is 5.75 Å². The molecule has 4 aromatic rings. The molecule has 3 aromatic carbocycles. The predicted molar refractivity (Wildman–Crippen MR) is 131 cm³/mol. The molecule has 0 fully saturated rings. The van der Waals surface area contributed by atoms with Crippen LogP contribution in [0, 0.1) is 5.41 Å². The van der Waals surface area contributed by atoms with Crippen LogP contribution in [0.2, 0.25) is 0 Å². The number of pyridine rings is 1. The fraction of sp³-hybridized carbons (Fsp3) is 0.192. The third kappa shape index (κ3) is 5.68. The van der Waals surface area contributed by atoms with Gasteiger partial charge in [-0.1, -0.05) is 40.2 Å². The number of aromatic nitrogens is 1. The molecule has 170 valence electrons. The second-order valence-electron chi connectivity index (χ2n) is 7.08. The van der Waals surface area contributed by atoms with Crippen molar-refractivity contribution in [2.75, 3.05) is 18.5 Å². The van der Waals surface area contributed by atoms with Gasteiger partial charge in [-0.15, -0.1) is 0 Å². The van der Waals surface area contributed by atoms with Gasteiger partial charge in [0.1, 0.15) is 12.8 Å². The number of rotatable bonds is 6. The van der Waals surface area contributed by atoms with E-state index in [1.54, 1.807) is 0 Å². The lowest BCUT2D eigenvalue weighted by atomic mass is 10.0. The summed E-state index contributed by atoms with van der Waals surface area (Å²) in [7, 11) is 1.93. The average molecular weight is 509 g/mol. The number of para-hydroxylation sites is 2. The van der Waals surface area contributed by atoms with Crippen molar-refractivity contribution in [2.24, 2.45) is 7.05 Å². The highest BCUT2D eigenvalue weighted by Crippen LogP contribution is 2.23. The maximum Gasteiger partial charge on any atom is 0.213 e. The first-order valence-electron chi connectivity index (χ1n) is 10.5. The van der Waals surface area contributed by atoms with Gasteiger partial charge in [0, 0.05) is 28.6 Å². The van der Waals surface area contributed by atoms with Crippen molar-refractivity contribution in [1.29, 1.82) is 5.41 Å². The van der Waals surface area contributed by atoms with Crippen LogP contribution in [0.15, 0.2) is 72.8 Å². The van der Waals surface area contributed by atoms with Gasteiger partial charge in [0.25, 0.3) is 0 Å². The van der Waals surface area contributed by atoms with Crippen molar-refractivity contribution in [1.82, 2.24) is 0 Å². The van der Waals surface area contributed by atoms with Crippen molar-refractivity contribution in [2.45, 2.75) is 6.92 Å². The van der Waals surface area contributed by atoms with Crippen molar-refractivity contribution in [3.8, 4) is 5.75 Å². The number of carboxylic acid groups (broad SMARTS) is 1. The Morgan fingerprint density at radius 2 is 1.52 bits per heavy atom. The highest BCUT2D eigenvalue weighted by atomic mass is 79.9. The van der Waals surface area contributed by atoms with Crippen LogP contribution in [-0.2, 0) is 11.8 Å². The first-order valence-corrected chi connectivity index (χ1v) is 11.6. The third-order valence-electron chi connectivity index (χ3n) is 5.02. The van der Waals surface area contributed by atoms with Gasteiger partial charge in [-0.3, -0.25) is 5.41 Å². The zero-order valence-electron chi connectivity index (χ0n) is 18.5. The summed E-state index contributed by atoms with van der Waals surface area (Å²) in [6.45, 7) is 3.02. The zero-order valence-corrected chi connectivity index (χ0v) is 20.1. The maximum absolute atomic E-state index is 11.4. The number of nitrogens with one attached hydrogen (secondary N) is 1. The minimum atomic E-state index is -1.14. The van der Waals surface area contributed by atoms with Crippen LogP contribution >= 0.6 is 15.9 Å². The Kier molecular flexibility index (Phi) is 8.38. The number of carbonyl (C=O) groups is 1. The SMILES string of the molecule is CCOC(=N)c1ccc(OCCBr)cc1.C[n+]1c2ccccc2c(C(=O)[O-])c2ccccc21. The molecule has 0 unspecified atom stereocenters. The molecule has 1 heterocycles. The molecule has 33 heavy (non-hydrogen) atoms. The van der Waals surface area contributed by atoms with Gasteiger partial charge in [0.05, 0.1) is 30.0 Å². The topological polar surface area (TPSA) is 86.3 Å². The summed E-state index contributed by atoms with van der Waals surface area (Å²) in [6.07, 6.45) is 0. The van der Waals surface area contributed by atoms with Crippen molar-refractivity contribution in [3.63, 3.8) is 0 Å². The standard InChI is InChI=1S/C15H11NO2.C11H14BrNO2/c1-16-12-8-4-2-6-10(12)14(15(17)18)11-7-3-5-9-13(11)16;1-2-14-11(13)9-3-5-10(6-4-9)15-8-7-12/h2-9H,1H3;3-6,13H,2,7-8H2,1H3. The van der Waals surface area contributed by atoms with Gasteiger partial charge in [-0.05, 0) is 43.3 Å². The quantitative estimate of drug-likeness (QED) is 0.140. The molecule has 0 bridgehead atoms. The molecule has 6 nitrogen and oxygen atoms in total. The second kappa shape index (κ2) is 11.4. The van der Waals surface area contributed by atoms with E-state index in [9.17, 15) is 9.90 Å². The number of fused-ring (bicyclic) bond motifs is 2. The molecule has 1 N–H and O–H groups in total. The predicted octanol–water partition coefficient (Wildman–Crippen LogP) is 4.00. The summed E-state index contributed by atoms with van der Waals surface area (Å²) in [5, 5.41) is 21.2. The Morgan fingerprint density at radius 1 is 0.970 bits per heavy atom. The lowest BCUT2D eigenvalue weighted by molar-refractivity contribution is -0.617. The molecule has 0 saturated heterocycles. The van der Waals surface area contributed by atoms with E-state index >= 15 is 0 Å². The highest BCUT2D eigenvalue weighted by Gasteiger charge is 2.17. The van der Waals surface area contributed by atoms with Gasteiger partial charge in [-0.25, -0.2) is 0 Å². The molecule has 0 spiro atoms. The molecule has 0 aliphatic rings. The molecule has 1 aromatic heterocycles. The number of halogens is 1. The number of hydrogen-bond donors (Lipinski definition) is 1. The van der Waals surface area contributed by atoms with Crippen molar-refractivity contribution in [3.05, 3.63) is 83.9 Å². The number of carboxylic acids is 1. The molecule has 0 aliphatic heterocycles. The van der Waals surface area contributed by atoms with E-state index in [1.807, 2.05) is 91.3 Å². The largest absolute Gasteiger partial charge is 0.545 e. The molecule has 0 aliphatic carbocycles. The summed E-state index contributed by atoms with van der Waals surface area (Å²) in [6, 6.07) is 22.2. The number of alkyl halides is 1. The lowest BCUT2D eigenvalue weighted by Crippen LogP contribution is -2.33. The smallest absolute Gasteiger partial charge is 0.213 e. The van der Waals surface area contributed by atoms with Crippen molar-refractivity contribution < 1.29 is 23.9 Å². The summed E-state index contributed by atoms with van der Waals surface area (Å²) in [5.74, 6) is -0.130. The molecular weight excluding hydrogens is 484 g/mol. The first kappa shape index (κ1) is 24.2. The lowest BCUT2D eigenvalue weighted by Gasteiger charge is -2.10. The first-order chi connectivity index (χ1) is 16.0. The summed E-state index contributed by atoms with van der Waals surface area (Å²) in [4.78, 5) is 11.4. The molecule has 0 amide bonds. The molecule has 4 rings (SSSR count). The number of nitrogens with zero attached hydrogens (tertiary/aromatic N) is 1. The average Bonchev–Trinajstić information content (AvgIpc) is 2.84. The number of benzene rings is 3. The maximum atomic E-state index is 11.4. The van der Waals surface area contributed by atoms with E-state index in [0.717, 1.165) is 27.7 Å². The van der Waals surface area contributed by atoms with Crippen LogP contribution in [0.3, 0.4) is 0 Å². The number of aryl methyl sites for hydroxylation is 1. The van der Waals surface area contributed by atoms with Gasteiger partial charge in [0.2, 0.25) is 16.9 Å². The van der Waals surface area contributed by atoms with E-state index in [0.29, 0.717) is 24.0 Å². The molecule has 0 saturated carbocycles.